The zero-order chi connectivity index (χ0) is 29.2. The maximum atomic E-state index is 13.2. The third-order valence-corrected chi connectivity index (χ3v) is 8.39. The average molecular weight is 546 g/mol. The molecule has 0 unspecified atom stereocenters. The average Bonchev–Trinajstić information content (AvgIpc) is 2.83. The van der Waals surface area contributed by atoms with E-state index in [2.05, 4.69) is 0 Å². The Morgan fingerprint density at radius 1 is 1.08 bits per heavy atom. The first-order valence-electron chi connectivity index (χ1n) is 13.8. The first-order chi connectivity index (χ1) is 17.4. The molecule has 38 heavy (non-hydrogen) atoms. The summed E-state index contributed by atoms with van der Waals surface area (Å²) in [5, 5.41) is 55.9. The molecule has 0 aromatic carbocycles. The van der Waals surface area contributed by atoms with Crippen molar-refractivity contribution >= 4 is 5.97 Å². The number of aliphatic hydroxyl groups excluding tert-OH is 3. The first kappa shape index (κ1) is 33.1. The Balaban J connectivity index is 2.50. The van der Waals surface area contributed by atoms with Gasteiger partial charge in [-0.2, -0.15) is 0 Å². The lowest BCUT2D eigenvalue weighted by Gasteiger charge is -2.43. The molecule has 13 atom stereocenters. The van der Waals surface area contributed by atoms with E-state index in [1.54, 1.807) is 46.8 Å². The summed E-state index contributed by atoms with van der Waals surface area (Å²) in [6.07, 6.45) is -3.22. The van der Waals surface area contributed by atoms with E-state index in [1.807, 2.05) is 18.9 Å². The number of cyclic esters (lactones) is 1. The molecule has 5 N–H and O–H groups in total. The Morgan fingerprint density at radius 3 is 2.26 bits per heavy atom. The monoisotopic (exact) mass is 545 g/mol. The van der Waals surface area contributed by atoms with Crippen LogP contribution in [0.4, 0.5) is 0 Å². The number of carbonyl (C=O) groups excluding carboxylic acids is 1. The molecule has 222 valence electrons. The molecule has 10 heteroatoms. The van der Waals surface area contributed by atoms with Gasteiger partial charge in [-0.05, 0) is 60.4 Å². The maximum absolute atomic E-state index is 13.2. The van der Waals surface area contributed by atoms with Crippen LogP contribution in [-0.2, 0) is 19.0 Å². The number of hydrogen-bond acceptors (Lipinski definition) is 10. The normalized spacial score (nSPS) is 48.7. The van der Waals surface area contributed by atoms with Gasteiger partial charge in [0.25, 0.3) is 0 Å². The van der Waals surface area contributed by atoms with Crippen LogP contribution in [0.2, 0.25) is 0 Å². The molecular weight excluding hydrogens is 494 g/mol. The van der Waals surface area contributed by atoms with E-state index < -0.39 is 71.9 Å². The fraction of sp³-hybridized carbons (Fsp3) is 0.893. The predicted molar refractivity (Wildman–Crippen MR) is 142 cm³/mol. The lowest BCUT2D eigenvalue weighted by molar-refractivity contribution is -0.268. The van der Waals surface area contributed by atoms with Crippen molar-refractivity contribution in [3.63, 3.8) is 0 Å². The standard InChI is InChI=1S/C28H51NO9/c1-10-21-28(8,35)23(32)19(6)29(9)14-15(2)13-27(7,34)24(17(4)22(31)18(5)25(33)37-21)38-26-20(30)12-11-16(3)36-26/h11-12,15-24,26,30-32,34-35H,10,13-14H2,1-9H3/t15-,16-,17+,18-,19+,20-,21+,22+,23-,24-,26+,27-,28-/m1/s1. The Morgan fingerprint density at radius 2 is 1.68 bits per heavy atom. The number of rotatable bonds is 3. The predicted octanol–water partition coefficient (Wildman–Crippen LogP) is 1.21. The summed E-state index contributed by atoms with van der Waals surface area (Å²) < 4.78 is 17.6. The van der Waals surface area contributed by atoms with Crippen LogP contribution in [0.15, 0.2) is 12.2 Å². The minimum atomic E-state index is -1.74. The molecule has 2 aliphatic heterocycles. The van der Waals surface area contributed by atoms with Gasteiger partial charge in [0.2, 0.25) is 0 Å². The van der Waals surface area contributed by atoms with Crippen LogP contribution in [-0.4, -0.2) is 110 Å². The molecule has 2 aliphatic rings. The second kappa shape index (κ2) is 13.0. The van der Waals surface area contributed by atoms with Crippen molar-refractivity contribution in [2.75, 3.05) is 13.6 Å². The van der Waals surface area contributed by atoms with Crippen molar-refractivity contribution in [3.8, 4) is 0 Å². The number of carbonyl (C=O) groups is 1. The second-order valence-electron chi connectivity index (χ2n) is 12.1. The van der Waals surface area contributed by atoms with Crippen molar-refractivity contribution in [2.45, 2.75) is 128 Å². The van der Waals surface area contributed by atoms with E-state index in [9.17, 15) is 30.3 Å². The summed E-state index contributed by atoms with van der Waals surface area (Å²) in [5.74, 6) is -2.64. The van der Waals surface area contributed by atoms with Crippen molar-refractivity contribution in [1.82, 2.24) is 4.90 Å². The summed E-state index contributed by atoms with van der Waals surface area (Å²) in [6, 6.07) is -0.497. The summed E-state index contributed by atoms with van der Waals surface area (Å²) in [5.41, 5.74) is -3.23. The highest BCUT2D eigenvalue weighted by molar-refractivity contribution is 5.73. The Labute approximate surface area is 227 Å². The Kier molecular flexibility index (Phi) is 11.4. The summed E-state index contributed by atoms with van der Waals surface area (Å²) in [6.45, 7) is 14.0. The SMILES string of the molecule is CC[C@@H]1OC(=O)[C@H](C)[C@@H](O)[C@H](C)[C@@H](O[C@@H]2O[C@H](C)C=C[C@H]2O)[C@](C)(O)C[C@@H](C)CN(C)[C@@H](C)[C@@H](O)[C@]1(C)O. The molecule has 0 amide bonds. The lowest BCUT2D eigenvalue weighted by atomic mass is 9.78. The Hall–Kier alpha value is -1.11. The van der Waals surface area contributed by atoms with Crippen molar-refractivity contribution in [1.29, 1.82) is 0 Å². The number of esters is 1. The van der Waals surface area contributed by atoms with Crippen LogP contribution >= 0.6 is 0 Å². The molecule has 0 spiro atoms. The molecule has 10 nitrogen and oxygen atoms in total. The Bertz CT molecular complexity index is 803. The number of likely N-dealkylation sites (N-methyl/N-ethyl adjacent to an activating group) is 1. The fourth-order valence-electron chi connectivity index (χ4n) is 5.89. The maximum Gasteiger partial charge on any atom is 0.311 e. The van der Waals surface area contributed by atoms with Crippen LogP contribution in [0, 0.1) is 17.8 Å². The molecule has 1 saturated heterocycles. The van der Waals surface area contributed by atoms with Gasteiger partial charge in [0.15, 0.2) is 6.29 Å². The van der Waals surface area contributed by atoms with Gasteiger partial charge in [-0.1, -0.05) is 32.9 Å². The van der Waals surface area contributed by atoms with Crippen LogP contribution in [0.3, 0.4) is 0 Å². The van der Waals surface area contributed by atoms with Crippen LogP contribution in [0.25, 0.3) is 0 Å². The summed E-state index contributed by atoms with van der Waals surface area (Å²) in [4.78, 5) is 15.1. The van der Waals surface area contributed by atoms with E-state index in [0.717, 1.165) is 0 Å². The summed E-state index contributed by atoms with van der Waals surface area (Å²) in [7, 11) is 1.82. The van der Waals surface area contributed by atoms with Gasteiger partial charge >= 0.3 is 5.97 Å². The number of nitrogens with zero attached hydrogens (tertiary/aromatic N) is 1. The minimum absolute atomic E-state index is 0.0940. The fourth-order valence-corrected chi connectivity index (χ4v) is 5.89. The number of aliphatic hydroxyl groups is 5. The molecule has 1 fully saturated rings. The molecular formula is C28H51NO9. The van der Waals surface area contributed by atoms with E-state index in [1.165, 1.54) is 13.8 Å². The quantitative estimate of drug-likeness (QED) is 0.259. The molecule has 0 saturated carbocycles. The topological polar surface area (TPSA) is 149 Å². The van der Waals surface area contributed by atoms with Crippen LogP contribution < -0.4 is 0 Å². The summed E-state index contributed by atoms with van der Waals surface area (Å²) >= 11 is 0. The third-order valence-electron chi connectivity index (χ3n) is 8.39. The highest BCUT2D eigenvalue weighted by Gasteiger charge is 2.48. The van der Waals surface area contributed by atoms with Gasteiger partial charge in [0, 0.05) is 18.5 Å². The molecule has 0 aliphatic carbocycles. The van der Waals surface area contributed by atoms with Gasteiger partial charge in [-0.3, -0.25) is 4.79 Å². The first-order valence-corrected chi connectivity index (χ1v) is 13.8. The number of hydrogen-bond donors (Lipinski definition) is 5. The molecule has 0 aromatic rings. The van der Waals surface area contributed by atoms with E-state index in [4.69, 9.17) is 14.2 Å². The van der Waals surface area contributed by atoms with Gasteiger partial charge in [-0.15, -0.1) is 0 Å². The smallest absolute Gasteiger partial charge is 0.311 e. The van der Waals surface area contributed by atoms with Crippen molar-refractivity contribution in [3.05, 3.63) is 12.2 Å². The zero-order valence-corrected chi connectivity index (χ0v) is 24.4. The van der Waals surface area contributed by atoms with Crippen LogP contribution in [0.1, 0.15) is 68.2 Å². The highest BCUT2D eigenvalue weighted by Crippen LogP contribution is 2.35. The van der Waals surface area contributed by atoms with Gasteiger partial charge in [-0.25, -0.2) is 0 Å². The molecule has 0 bridgehead atoms. The van der Waals surface area contributed by atoms with Gasteiger partial charge in [0.1, 0.15) is 23.9 Å². The van der Waals surface area contributed by atoms with Gasteiger partial charge < -0.3 is 44.6 Å². The minimum Gasteiger partial charge on any atom is -0.459 e. The number of ether oxygens (including phenoxy) is 3. The second-order valence-corrected chi connectivity index (χ2v) is 12.1. The lowest BCUT2D eigenvalue weighted by Crippen LogP contribution is -2.59. The molecule has 0 radical (unpaired) electrons. The highest BCUT2D eigenvalue weighted by atomic mass is 16.7. The molecule has 0 aromatic heterocycles. The van der Waals surface area contributed by atoms with Crippen molar-refractivity contribution < 1.29 is 44.5 Å². The van der Waals surface area contributed by atoms with E-state index in [0.29, 0.717) is 6.54 Å². The zero-order valence-electron chi connectivity index (χ0n) is 24.4. The largest absolute Gasteiger partial charge is 0.459 e. The van der Waals surface area contributed by atoms with E-state index >= 15 is 0 Å². The van der Waals surface area contributed by atoms with E-state index in [-0.39, 0.29) is 24.9 Å². The van der Waals surface area contributed by atoms with Crippen molar-refractivity contribution in [2.24, 2.45) is 17.8 Å². The van der Waals surface area contributed by atoms with Crippen LogP contribution in [0.5, 0.6) is 0 Å². The molecule has 2 heterocycles. The molecule has 2 rings (SSSR count). The van der Waals surface area contributed by atoms with Gasteiger partial charge in [0.05, 0.1) is 29.8 Å². The third kappa shape index (κ3) is 7.54.